The van der Waals surface area contributed by atoms with Gasteiger partial charge in [0.15, 0.2) is 0 Å². The maximum Gasteiger partial charge on any atom is 0.356 e. The first-order valence-corrected chi connectivity index (χ1v) is 5.33. The highest BCUT2D eigenvalue weighted by atomic mass is 16.5. The average Bonchev–Trinajstić information content (AvgIpc) is 2.89. The van der Waals surface area contributed by atoms with Gasteiger partial charge in [0.2, 0.25) is 5.88 Å². The summed E-state index contributed by atoms with van der Waals surface area (Å²) in [4.78, 5) is 19.6. The fourth-order valence-electron chi connectivity index (χ4n) is 1.32. The summed E-state index contributed by atoms with van der Waals surface area (Å²) in [6, 6.07) is 1.56. The summed E-state index contributed by atoms with van der Waals surface area (Å²) in [5.41, 5.74) is 1.35. The lowest BCUT2D eigenvalue weighted by molar-refractivity contribution is 0.0519. The number of hydrogen-bond donors (Lipinski definition) is 1. The highest BCUT2D eigenvalue weighted by Crippen LogP contribution is 2.16. The van der Waals surface area contributed by atoms with Crippen molar-refractivity contribution in [3.05, 3.63) is 24.2 Å². The summed E-state index contributed by atoms with van der Waals surface area (Å²) in [5.74, 6) is -0.0300. The summed E-state index contributed by atoms with van der Waals surface area (Å²) < 4.78 is 9.75. The Morgan fingerprint density at radius 2 is 2.17 bits per heavy atom. The largest absolute Gasteiger partial charge is 0.480 e. The van der Waals surface area contributed by atoms with Crippen LogP contribution < -0.4 is 4.74 Å². The monoisotopic (exact) mass is 248 g/mol. The Bertz CT molecular complexity index is 535. The quantitative estimate of drug-likeness (QED) is 0.813. The van der Waals surface area contributed by atoms with Crippen LogP contribution in [0.25, 0.3) is 11.4 Å². The van der Waals surface area contributed by atoms with E-state index in [0.717, 1.165) is 0 Å². The molecule has 1 N–H and O–H groups in total. The van der Waals surface area contributed by atoms with Gasteiger partial charge in [-0.1, -0.05) is 0 Å². The van der Waals surface area contributed by atoms with Crippen LogP contribution in [0.15, 0.2) is 18.5 Å². The lowest BCUT2D eigenvalue weighted by Gasteiger charge is -1.98. The second kappa shape index (κ2) is 5.26. The van der Waals surface area contributed by atoms with Gasteiger partial charge in [-0.15, -0.1) is 0 Å². The molecule has 0 amide bonds. The molecule has 7 heteroatoms. The topological polar surface area (TPSA) is 90.0 Å². The first-order valence-electron chi connectivity index (χ1n) is 5.33. The SMILES string of the molecule is CCOC(=O)c1cc(-c2cnc(OC)cn2)n[nH]1. The molecule has 0 fully saturated rings. The third-order valence-corrected chi connectivity index (χ3v) is 2.17. The lowest BCUT2D eigenvalue weighted by Crippen LogP contribution is -2.04. The standard InChI is InChI=1S/C11H12N4O3/c1-3-18-11(16)8-4-7(14-15-8)9-5-13-10(17-2)6-12-9/h4-6H,3H2,1-2H3,(H,14,15). The van der Waals surface area contributed by atoms with E-state index in [4.69, 9.17) is 9.47 Å². The molecule has 2 aromatic rings. The predicted molar refractivity (Wildman–Crippen MR) is 62.1 cm³/mol. The molecule has 2 heterocycles. The molecule has 0 saturated heterocycles. The van der Waals surface area contributed by atoms with E-state index in [1.165, 1.54) is 19.5 Å². The Hall–Kier alpha value is -2.44. The van der Waals surface area contributed by atoms with Crippen molar-refractivity contribution in [1.82, 2.24) is 20.2 Å². The predicted octanol–water partition coefficient (Wildman–Crippen LogP) is 1.05. The van der Waals surface area contributed by atoms with Crippen LogP contribution in [0.5, 0.6) is 5.88 Å². The number of aromatic amines is 1. The van der Waals surface area contributed by atoms with Gasteiger partial charge in [-0.2, -0.15) is 5.10 Å². The van der Waals surface area contributed by atoms with Gasteiger partial charge in [0.25, 0.3) is 0 Å². The zero-order valence-electron chi connectivity index (χ0n) is 10.0. The number of ether oxygens (including phenoxy) is 2. The number of H-pyrrole nitrogens is 1. The minimum Gasteiger partial charge on any atom is -0.480 e. The minimum atomic E-state index is -0.447. The maximum absolute atomic E-state index is 11.4. The van der Waals surface area contributed by atoms with E-state index in [-0.39, 0.29) is 5.69 Å². The first-order chi connectivity index (χ1) is 8.74. The van der Waals surface area contributed by atoms with E-state index in [0.29, 0.717) is 23.9 Å². The zero-order valence-corrected chi connectivity index (χ0v) is 10.0. The second-order valence-corrected chi connectivity index (χ2v) is 3.33. The van der Waals surface area contributed by atoms with Crippen LogP contribution in [-0.2, 0) is 4.74 Å². The summed E-state index contributed by atoms with van der Waals surface area (Å²) in [7, 11) is 1.51. The highest BCUT2D eigenvalue weighted by Gasteiger charge is 2.12. The number of nitrogens with one attached hydrogen (secondary N) is 1. The molecule has 18 heavy (non-hydrogen) atoms. The summed E-state index contributed by atoms with van der Waals surface area (Å²) in [6.45, 7) is 2.06. The van der Waals surface area contributed by atoms with Crippen molar-refractivity contribution in [2.75, 3.05) is 13.7 Å². The first kappa shape index (κ1) is 12.0. The highest BCUT2D eigenvalue weighted by molar-refractivity contribution is 5.88. The van der Waals surface area contributed by atoms with E-state index < -0.39 is 5.97 Å². The van der Waals surface area contributed by atoms with Crippen molar-refractivity contribution < 1.29 is 14.3 Å². The van der Waals surface area contributed by atoms with Crippen LogP contribution in [0.2, 0.25) is 0 Å². The number of nitrogens with zero attached hydrogens (tertiary/aromatic N) is 3. The van der Waals surface area contributed by atoms with Gasteiger partial charge in [-0.3, -0.25) is 5.10 Å². The van der Waals surface area contributed by atoms with Gasteiger partial charge < -0.3 is 9.47 Å². The van der Waals surface area contributed by atoms with Gasteiger partial charge in [0.1, 0.15) is 17.1 Å². The van der Waals surface area contributed by atoms with E-state index in [2.05, 4.69) is 20.2 Å². The Morgan fingerprint density at radius 3 is 2.78 bits per heavy atom. The molecule has 2 aromatic heterocycles. The molecule has 0 aliphatic carbocycles. The second-order valence-electron chi connectivity index (χ2n) is 3.33. The van der Waals surface area contributed by atoms with Crippen molar-refractivity contribution >= 4 is 5.97 Å². The molecule has 0 atom stereocenters. The maximum atomic E-state index is 11.4. The molecule has 2 rings (SSSR count). The fourth-order valence-corrected chi connectivity index (χ4v) is 1.32. The summed E-state index contributed by atoms with van der Waals surface area (Å²) in [5, 5.41) is 6.57. The van der Waals surface area contributed by atoms with Gasteiger partial charge in [0, 0.05) is 6.07 Å². The Morgan fingerprint density at radius 1 is 1.33 bits per heavy atom. The van der Waals surface area contributed by atoms with Crippen LogP contribution in [0.4, 0.5) is 0 Å². The fraction of sp³-hybridized carbons (Fsp3) is 0.273. The molecule has 0 bridgehead atoms. The molecule has 0 unspecified atom stereocenters. The molecule has 0 saturated carbocycles. The van der Waals surface area contributed by atoms with Crippen molar-refractivity contribution in [2.45, 2.75) is 6.92 Å². The molecule has 7 nitrogen and oxygen atoms in total. The van der Waals surface area contributed by atoms with Crippen molar-refractivity contribution in [3.63, 3.8) is 0 Å². The number of methoxy groups -OCH3 is 1. The number of carbonyl (C=O) groups excluding carboxylic acids is 1. The number of carbonyl (C=O) groups is 1. The van der Waals surface area contributed by atoms with E-state index >= 15 is 0 Å². The average molecular weight is 248 g/mol. The molecule has 0 radical (unpaired) electrons. The molecule has 0 aromatic carbocycles. The van der Waals surface area contributed by atoms with Gasteiger partial charge >= 0.3 is 5.97 Å². The van der Waals surface area contributed by atoms with E-state index in [9.17, 15) is 4.79 Å². The summed E-state index contributed by atoms with van der Waals surface area (Å²) >= 11 is 0. The molecule has 0 aliphatic heterocycles. The van der Waals surface area contributed by atoms with Crippen molar-refractivity contribution in [2.24, 2.45) is 0 Å². The van der Waals surface area contributed by atoms with Crippen molar-refractivity contribution in [1.29, 1.82) is 0 Å². The van der Waals surface area contributed by atoms with Crippen LogP contribution in [-0.4, -0.2) is 39.9 Å². The van der Waals surface area contributed by atoms with Gasteiger partial charge in [-0.25, -0.2) is 14.8 Å². The molecular formula is C11H12N4O3. The third-order valence-electron chi connectivity index (χ3n) is 2.17. The Kier molecular flexibility index (Phi) is 3.52. The Balaban J connectivity index is 2.20. The molecular weight excluding hydrogens is 236 g/mol. The van der Waals surface area contributed by atoms with Crippen LogP contribution in [0.1, 0.15) is 17.4 Å². The van der Waals surface area contributed by atoms with Crippen molar-refractivity contribution in [3.8, 4) is 17.3 Å². The van der Waals surface area contributed by atoms with E-state index in [1.54, 1.807) is 13.0 Å². The lowest BCUT2D eigenvalue weighted by atomic mass is 10.3. The number of esters is 1. The Labute approximate surface area is 103 Å². The third kappa shape index (κ3) is 2.45. The van der Waals surface area contributed by atoms with Crippen LogP contribution in [0.3, 0.4) is 0 Å². The van der Waals surface area contributed by atoms with E-state index in [1.807, 2.05) is 0 Å². The normalized spacial score (nSPS) is 10.1. The summed E-state index contributed by atoms with van der Waals surface area (Å²) in [6.07, 6.45) is 3.00. The minimum absolute atomic E-state index is 0.282. The number of hydrogen-bond acceptors (Lipinski definition) is 6. The van der Waals surface area contributed by atoms with Crippen LogP contribution in [0, 0.1) is 0 Å². The van der Waals surface area contributed by atoms with Gasteiger partial charge in [-0.05, 0) is 6.92 Å². The van der Waals surface area contributed by atoms with Crippen LogP contribution >= 0.6 is 0 Å². The molecule has 94 valence electrons. The zero-order chi connectivity index (χ0) is 13.0. The van der Waals surface area contributed by atoms with Gasteiger partial charge in [0.05, 0.1) is 26.1 Å². The number of rotatable bonds is 4. The number of aromatic nitrogens is 4. The smallest absolute Gasteiger partial charge is 0.356 e. The molecule has 0 aliphatic rings. The molecule has 0 spiro atoms.